The molecule has 4 rings (SSSR count). The summed E-state index contributed by atoms with van der Waals surface area (Å²) in [5, 5.41) is 22.5. The summed E-state index contributed by atoms with van der Waals surface area (Å²) in [5.41, 5.74) is -1.69. The highest BCUT2D eigenvalue weighted by atomic mass is 79.9. The van der Waals surface area contributed by atoms with Gasteiger partial charge < -0.3 is 19.7 Å². The fourth-order valence-electron chi connectivity index (χ4n) is 4.62. The van der Waals surface area contributed by atoms with Crippen LogP contribution in [0.2, 0.25) is 0 Å². The second kappa shape index (κ2) is 15.1. The standard InChI is InChI=1S/C35H31BrO8/c1-2-3-4-5-14-21-43-35(42)26-27(29(37)22-15-8-6-9-16-22)31(39)32(40)33(44-34(41)23-17-10-7-11-18-23)28(26)30(38)24-19-12-13-20-25(24)36/h6-13,15-20,39-40H,2-5,14,21H2,1H3. The number of ketones is 2. The molecular weight excluding hydrogens is 628 g/mol. The molecule has 0 aromatic heterocycles. The van der Waals surface area contributed by atoms with Gasteiger partial charge in [-0.15, -0.1) is 0 Å². The molecule has 0 aliphatic rings. The average Bonchev–Trinajstić information content (AvgIpc) is 3.05. The van der Waals surface area contributed by atoms with Crippen LogP contribution in [-0.2, 0) is 4.74 Å². The molecular formula is C35H31BrO8. The van der Waals surface area contributed by atoms with Crippen LogP contribution in [0.4, 0.5) is 0 Å². The maximum atomic E-state index is 14.2. The summed E-state index contributed by atoms with van der Waals surface area (Å²) in [5.74, 6) is -6.65. The highest BCUT2D eigenvalue weighted by Gasteiger charge is 2.38. The third kappa shape index (κ3) is 7.23. The van der Waals surface area contributed by atoms with Crippen molar-refractivity contribution in [3.05, 3.63) is 123 Å². The zero-order valence-electron chi connectivity index (χ0n) is 24.0. The molecule has 226 valence electrons. The van der Waals surface area contributed by atoms with Crippen molar-refractivity contribution in [3.63, 3.8) is 0 Å². The number of carbonyl (C=O) groups is 4. The molecule has 0 radical (unpaired) electrons. The van der Waals surface area contributed by atoms with Crippen molar-refractivity contribution in [2.75, 3.05) is 6.61 Å². The molecule has 2 N–H and O–H groups in total. The van der Waals surface area contributed by atoms with Crippen LogP contribution < -0.4 is 4.74 Å². The molecule has 4 aromatic rings. The van der Waals surface area contributed by atoms with Gasteiger partial charge in [0.05, 0.1) is 28.9 Å². The molecule has 4 aromatic carbocycles. The largest absolute Gasteiger partial charge is 0.504 e. The quantitative estimate of drug-likeness (QED) is 0.0492. The Hall–Kier alpha value is -4.76. The van der Waals surface area contributed by atoms with E-state index in [1.807, 2.05) is 0 Å². The van der Waals surface area contributed by atoms with Crippen molar-refractivity contribution in [3.8, 4) is 17.2 Å². The van der Waals surface area contributed by atoms with Gasteiger partial charge in [-0.2, -0.15) is 0 Å². The second-order valence-corrected chi connectivity index (χ2v) is 10.8. The summed E-state index contributed by atoms with van der Waals surface area (Å²) in [6.07, 6.45) is 4.32. The number of hydrogen-bond acceptors (Lipinski definition) is 8. The van der Waals surface area contributed by atoms with Gasteiger partial charge in [0.15, 0.2) is 23.1 Å². The van der Waals surface area contributed by atoms with Gasteiger partial charge in [-0.25, -0.2) is 9.59 Å². The summed E-state index contributed by atoms with van der Waals surface area (Å²) in [4.78, 5) is 55.0. The fourth-order valence-corrected chi connectivity index (χ4v) is 5.09. The monoisotopic (exact) mass is 658 g/mol. The van der Waals surface area contributed by atoms with Crippen LogP contribution in [0, 0.1) is 0 Å². The summed E-state index contributed by atoms with van der Waals surface area (Å²) >= 11 is 3.33. The SMILES string of the molecule is CCCCCCCOC(=O)c1c(C(=O)c2ccccc2)c(O)c(O)c(OC(=O)c2ccccc2)c1C(=O)c1ccccc1Br. The van der Waals surface area contributed by atoms with E-state index < -0.39 is 57.4 Å². The maximum absolute atomic E-state index is 14.2. The Bertz CT molecular complexity index is 1670. The molecule has 0 fully saturated rings. The highest BCUT2D eigenvalue weighted by molar-refractivity contribution is 9.10. The third-order valence-electron chi connectivity index (χ3n) is 6.90. The van der Waals surface area contributed by atoms with Crippen molar-refractivity contribution >= 4 is 39.4 Å². The highest BCUT2D eigenvalue weighted by Crippen LogP contribution is 2.46. The van der Waals surface area contributed by atoms with Crippen molar-refractivity contribution < 1.29 is 38.9 Å². The molecule has 0 spiro atoms. The Labute approximate surface area is 263 Å². The first-order valence-electron chi connectivity index (χ1n) is 14.2. The second-order valence-electron chi connectivity index (χ2n) is 9.96. The first-order valence-corrected chi connectivity index (χ1v) is 15.0. The predicted molar refractivity (Wildman–Crippen MR) is 168 cm³/mol. The van der Waals surface area contributed by atoms with E-state index in [0.29, 0.717) is 10.9 Å². The number of phenolic OH excluding ortho intramolecular Hbond substituents is 2. The smallest absolute Gasteiger partial charge is 0.343 e. The van der Waals surface area contributed by atoms with Crippen molar-refractivity contribution in [1.82, 2.24) is 0 Å². The van der Waals surface area contributed by atoms with Crippen LogP contribution in [0.15, 0.2) is 89.4 Å². The van der Waals surface area contributed by atoms with Gasteiger partial charge in [0.2, 0.25) is 5.75 Å². The Morgan fingerprint density at radius 3 is 1.86 bits per heavy atom. The molecule has 0 amide bonds. The molecule has 44 heavy (non-hydrogen) atoms. The fraction of sp³-hybridized carbons (Fsp3) is 0.200. The normalized spacial score (nSPS) is 10.7. The first-order chi connectivity index (χ1) is 21.3. The van der Waals surface area contributed by atoms with Gasteiger partial charge in [-0.1, -0.05) is 109 Å². The van der Waals surface area contributed by atoms with Crippen LogP contribution in [0.5, 0.6) is 17.2 Å². The Morgan fingerprint density at radius 2 is 1.23 bits per heavy atom. The number of halogens is 1. The van der Waals surface area contributed by atoms with Crippen LogP contribution in [0.3, 0.4) is 0 Å². The van der Waals surface area contributed by atoms with Crippen molar-refractivity contribution in [1.29, 1.82) is 0 Å². The number of ether oxygens (including phenoxy) is 2. The Kier molecular flexibility index (Phi) is 11.0. The van der Waals surface area contributed by atoms with Crippen molar-refractivity contribution in [2.24, 2.45) is 0 Å². The lowest BCUT2D eigenvalue weighted by Gasteiger charge is -2.20. The lowest BCUT2D eigenvalue weighted by Crippen LogP contribution is -2.22. The molecule has 0 saturated carbocycles. The number of esters is 2. The van der Waals surface area contributed by atoms with E-state index >= 15 is 0 Å². The number of aromatic hydroxyl groups is 2. The topological polar surface area (TPSA) is 127 Å². The number of phenols is 2. The van der Waals surface area contributed by atoms with Crippen LogP contribution in [-0.4, -0.2) is 40.3 Å². The minimum absolute atomic E-state index is 0.0229. The van der Waals surface area contributed by atoms with Gasteiger partial charge in [0, 0.05) is 15.6 Å². The van der Waals surface area contributed by atoms with E-state index in [1.54, 1.807) is 54.6 Å². The van der Waals surface area contributed by atoms with E-state index in [-0.39, 0.29) is 23.3 Å². The summed E-state index contributed by atoms with van der Waals surface area (Å²) in [6, 6.07) is 21.8. The molecule has 0 atom stereocenters. The molecule has 0 heterocycles. The molecule has 0 unspecified atom stereocenters. The van der Waals surface area contributed by atoms with E-state index in [9.17, 15) is 29.4 Å². The Balaban J connectivity index is 1.95. The maximum Gasteiger partial charge on any atom is 0.343 e. The minimum Gasteiger partial charge on any atom is -0.504 e. The first kappa shape index (κ1) is 32.2. The zero-order valence-corrected chi connectivity index (χ0v) is 25.6. The van der Waals surface area contributed by atoms with E-state index in [0.717, 1.165) is 25.7 Å². The number of rotatable bonds is 13. The average molecular weight is 660 g/mol. The predicted octanol–water partition coefficient (Wildman–Crippen LogP) is 7.67. The van der Waals surface area contributed by atoms with Gasteiger partial charge in [0.25, 0.3) is 0 Å². The summed E-state index contributed by atoms with van der Waals surface area (Å²) in [7, 11) is 0. The number of unbranched alkanes of at least 4 members (excludes halogenated alkanes) is 4. The summed E-state index contributed by atoms with van der Waals surface area (Å²) in [6.45, 7) is 2.05. The van der Waals surface area contributed by atoms with Gasteiger partial charge in [0.1, 0.15) is 0 Å². The van der Waals surface area contributed by atoms with E-state index in [2.05, 4.69) is 22.9 Å². The minimum atomic E-state index is -1.09. The Morgan fingerprint density at radius 1 is 0.636 bits per heavy atom. The van der Waals surface area contributed by atoms with Gasteiger partial charge >= 0.3 is 11.9 Å². The summed E-state index contributed by atoms with van der Waals surface area (Å²) < 4.78 is 11.4. The number of carbonyl (C=O) groups excluding carboxylic acids is 4. The third-order valence-corrected chi connectivity index (χ3v) is 7.59. The number of hydrogen-bond donors (Lipinski definition) is 2. The molecule has 0 aliphatic carbocycles. The lowest BCUT2D eigenvalue weighted by molar-refractivity contribution is 0.0489. The zero-order chi connectivity index (χ0) is 31.6. The van der Waals surface area contributed by atoms with E-state index in [4.69, 9.17) is 9.47 Å². The van der Waals surface area contributed by atoms with Gasteiger partial charge in [-0.3, -0.25) is 9.59 Å². The van der Waals surface area contributed by atoms with Gasteiger partial charge in [-0.05, 0) is 30.7 Å². The van der Waals surface area contributed by atoms with Crippen LogP contribution in [0.1, 0.15) is 91.6 Å². The molecule has 8 nitrogen and oxygen atoms in total. The van der Waals surface area contributed by atoms with Crippen LogP contribution >= 0.6 is 15.9 Å². The molecule has 0 bridgehead atoms. The molecule has 0 saturated heterocycles. The lowest BCUT2D eigenvalue weighted by atomic mass is 9.88. The number of benzene rings is 4. The molecule has 0 aliphatic heterocycles. The van der Waals surface area contributed by atoms with Crippen molar-refractivity contribution in [2.45, 2.75) is 39.0 Å². The molecule has 9 heteroatoms. The van der Waals surface area contributed by atoms with Crippen LogP contribution in [0.25, 0.3) is 0 Å². The van der Waals surface area contributed by atoms with E-state index in [1.165, 1.54) is 30.3 Å².